The summed E-state index contributed by atoms with van der Waals surface area (Å²) >= 11 is 12.1. The Morgan fingerprint density at radius 1 is 1.04 bits per heavy atom. The van der Waals surface area contributed by atoms with E-state index in [4.69, 9.17) is 23.2 Å². The van der Waals surface area contributed by atoms with E-state index in [9.17, 15) is 5.11 Å². The van der Waals surface area contributed by atoms with E-state index in [1.807, 2.05) is 32.0 Å². The van der Waals surface area contributed by atoms with E-state index in [1.54, 1.807) is 42.4 Å². The van der Waals surface area contributed by atoms with Gasteiger partial charge in [-0.1, -0.05) is 41.4 Å². The molecule has 7 heteroatoms. The second-order valence-corrected chi connectivity index (χ2v) is 6.86. The molecule has 1 heterocycles. The summed E-state index contributed by atoms with van der Waals surface area (Å²) in [7, 11) is 1.80. The van der Waals surface area contributed by atoms with Crippen molar-refractivity contribution >= 4 is 34.7 Å². The molecule has 0 saturated carbocycles. The minimum atomic E-state index is 0.132. The Kier molecular flexibility index (Phi) is 5.63. The normalized spacial score (nSPS) is 11.5. The van der Waals surface area contributed by atoms with Crippen molar-refractivity contribution in [2.24, 2.45) is 5.10 Å². The van der Waals surface area contributed by atoms with Gasteiger partial charge in [0.1, 0.15) is 5.75 Å². The third-order valence-corrected chi connectivity index (χ3v) is 4.69. The zero-order chi connectivity index (χ0) is 19.6. The van der Waals surface area contributed by atoms with Crippen LogP contribution in [0.5, 0.6) is 5.75 Å². The Hall–Kier alpha value is -2.63. The van der Waals surface area contributed by atoms with E-state index in [1.165, 1.54) is 0 Å². The van der Waals surface area contributed by atoms with Crippen LogP contribution in [0.2, 0.25) is 10.0 Å². The third kappa shape index (κ3) is 4.38. The first-order chi connectivity index (χ1) is 12.8. The number of hydrogen-bond acceptors (Lipinski definition) is 5. The van der Waals surface area contributed by atoms with Gasteiger partial charge >= 0.3 is 0 Å². The number of phenols is 1. The zero-order valence-electron chi connectivity index (χ0n) is 15.1. The van der Waals surface area contributed by atoms with Crippen LogP contribution in [-0.2, 0) is 0 Å². The largest absolute Gasteiger partial charge is 0.507 e. The lowest BCUT2D eigenvalue weighted by molar-refractivity contribution is 0.477. The van der Waals surface area contributed by atoms with Crippen molar-refractivity contribution < 1.29 is 5.11 Å². The quantitative estimate of drug-likeness (QED) is 0.475. The monoisotopic (exact) mass is 400 g/mol. The highest BCUT2D eigenvalue weighted by Crippen LogP contribution is 2.28. The molecule has 0 spiro atoms. The highest BCUT2D eigenvalue weighted by Gasteiger charge is 2.12. The molecule has 0 aliphatic carbocycles. The Morgan fingerprint density at radius 3 is 2.48 bits per heavy atom. The van der Waals surface area contributed by atoms with Crippen LogP contribution in [0.25, 0.3) is 11.4 Å². The number of aromatic nitrogens is 2. The molecule has 2 aromatic carbocycles. The lowest BCUT2D eigenvalue weighted by Crippen LogP contribution is -2.15. The van der Waals surface area contributed by atoms with Crippen LogP contribution >= 0.6 is 23.2 Å². The van der Waals surface area contributed by atoms with Crippen molar-refractivity contribution in [3.63, 3.8) is 0 Å². The first-order valence-corrected chi connectivity index (χ1v) is 8.99. The number of hydrogen-bond donors (Lipinski definition) is 1. The molecular formula is C20H18Cl2N4O. The van der Waals surface area contributed by atoms with Crippen molar-refractivity contribution in [2.45, 2.75) is 13.8 Å². The molecule has 0 saturated heterocycles. The predicted molar refractivity (Wildman–Crippen MR) is 111 cm³/mol. The van der Waals surface area contributed by atoms with E-state index in [2.05, 4.69) is 15.1 Å². The summed E-state index contributed by atoms with van der Waals surface area (Å²) in [5.41, 5.74) is 2.97. The lowest BCUT2D eigenvalue weighted by atomic mass is 10.1. The molecule has 0 radical (unpaired) electrons. The predicted octanol–water partition coefficient (Wildman–Crippen LogP) is 5.32. The van der Waals surface area contributed by atoms with Gasteiger partial charge in [0.05, 0.1) is 21.3 Å². The molecule has 0 amide bonds. The first-order valence-electron chi connectivity index (χ1n) is 8.23. The van der Waals surface area contributed by atoms with Crippen molar-refractivity contribution in [3.05, 3.63) is 69.8 Å². The number of anilines is 1. The van der Waals surface area contributed by atoms with Crippen molar-refractivity contribution in [1.82, 2.24) is 9.97 Å². The van der Waals surface area contributed by atoms with E-state index in [0.29, 0.717) is 27.3 Å². The molecule has 3 rings (SSSR count). The van der Waals surface area contributed by atoms with Crippen molar-refractivity contribution in [3.8, 4) is 17.1 Å². The fourth-order valence-corrected chi connectivity index (χ4v) is 2.85. The first kappa shape index (κ1) is 19.1. The van der Waals surface area contributed by atoms with Crippen LogP contribution in [0.15, 0.2) is 53.6 Å². The lowest BCUT2D eigenvalue weighted by Gasteiger charge is -2.16. The highest BCUT2D eigenvalue weighted by atomic mass is 35.5. The molecule has 3 aromatic rings. The summed E-state index contributed by atoms with van der Waals surface area (Å²) in [6.07, 6.45) is 0. The van der Waals surface area contributed by atoms with Gasteiger partial charge in [-0.25, -0.2) is 9.97 Å². The molecule has 1 aromatic heterocycles. The van der Waals surface area contributed by atoms with E-state index in [0.717, 1.165) is 17.0 Å². The minimum absolute atomic E-state index is 0.132. The summed E-state index contributed by atoms with van der Waals surface area (Å²) in [4.78, 5) is 8.97. The number of phenolic OH excluding ortho intramolecular Hbond substituents is 1. The second-order valence-electron chi connectivity index (χ2n) is 6.05. The highest BCUT2D eigenvalue weighted by molar-refractivity contribution is 6.42. The fourth-order valence-electron chi connectivity index (χ4n) is 2.56. The number of para-hydroxylation sites is 1. The summed E-state index contributed by atoms with van der Waals surface area (Å²) in [5.74, 6) is 1.18. The van der Waals surface area contributed by atoms with Gasteiger partial charge in [-0.3, -0.25) is 5.01 Å². The van der Waals surface area contributed by atoms with Crippen LogP contribution in [0.4, 0.5) is 5.82 Å². The van der Waals surface area contributed by atoms with Crippen LogP contribution in [0, 0.1) is 6.92 Å². The third-order valence-electron chi connectivity index (χ3n) is 3.95. The summed E-state index contributed by atoms with van der Waals surface area (Å²) < 4.78 is 0. The summed E-state index contributed by atoms with van der Waals surface area (Å²) in [6.45, 7) is 3.76. The van der Waals surface area contributed by atoms with Crippen LogP contribution in [-0.4, -0.2) is 27.8 Å². The number of nitrogens with zero attached hydrogens (tertiary/aromatic N) is 4. The molecule has 0 unspecified atom stereocenters. The molecule has 138 valence electrons. The van der Waals surface area contributed by atoms with Gasteiger partial charge in [0.15, 0.2) is 11.6 Å². The fraction of sp³-hybridized carbons (Fsp3) is 0.150. The standard InChI is InChI=1S/C20H18Cl2N4O/c1-12-10-19(24-20(23-12)15-6-4-5-7-18(15)27)26(3)25-13(2)14-8-9-16(21)17(22)11-14/h4-11,27H,1-3H3/b25-13-. The molecule has 0 fully saturated rings. The van der Waals surface area contributed by atoms with Gasteiger partial charge < -0.3 is 5.11 Å². The molecule has 0 atom stereocenters. The van der Waals surface area contributed by atoms with E-state index in [-0.39, 0.29) is 5.75 Å². The number of halogens is 2. The van der Waals surface area contributed by atoms with Gasteiger partial charge in [-0.2, -0.15) is 5.10 Å². The molecule has 0 bridgehead atoms. The van der Waals surface area contributed by atoms with E-state index >= 15 is 0 Å². The molecule has 5 nitrogen and oxygen atoms in total. The van der Waals surface area contributed by atoms with Gasteiger partial charge in [0.25, 0.3) is 0 Å². The minimum Gasteiger partial charge on any atom is -0.507 e. The maximum absolute atomic E-state index is 10.1. The second kappa shape index (κ2) is 7.94. The van der Waals surface area contributed by atoms with Crippen LogP contribution < -0.4 is 5.01 Å². The maximum atomic E-state index is 10.1. The number of aromatic hydroxyl groups is 1. The molecular weight excluding hydrogens is 383 g/mol. The average Bonchev–Trinajstić information content (AvgIpc) is 2.63. The van der Waals surface area contributed by atoms with Gasteiger partial charge in [-0.05, 0) is 43.7 Å². The molecule has 0 aliphatic heterocycles. The van der Waals surface area contributed by atoms with Crippen molar-refractivity contribution in [1.29, 1.82) is 0 Å². The van der Waals surface area contributed by atoms with Crippen LogP contribution in [0.1, 0.15) is 18.2 Å². The SMILES string of the molecule is C/C(=N/N(C)c1cc(C)nc(-c2ccccc2O)n1)c1ccc(Cl)c(Cl)c1. The Balaban J connectivity index is 1.96. The summed E-state index contributed by atoms with van der Waals surface area (Å²) in [5, 5.41) is 17.3. The van der Waals surface area contributed by atoms with Gasteiger partial charge in [0.2, 0.25) is 0 Å². The average molecular weight is 401 g/mol. The molecule has 1 N–H and O–H groups in total. The van der Waals surface area contributed by atoms with Crippen molar-refractivity contribution in [2.75, 3.05) is 12.1 Å². The Bertz CT molecular complexity index is 1020. The van der Waals surface area contributed by atoms with Crippen LogP contribution in [0.3, 0.4) is 0 Å². The smallest absolute Gasteiger partial charge is 0.165 e. The molecule has 0 aliphatic rings. The number of aryl methyl sites for hydroxylation is 1. The summed E-state index contributed by atoms with van der Waals surface area (Å²) in [6, 6.07) is 14.2. The molecule has 27 heavy (non-hydrogen) atoms. The van der Waals surface area contributed by atoms with Gasteiger partial charge in [0, 0.05) is 18.8 Å². The van der Waals surface area contributed by atoms with Gasteiger partial charge in [-0.15, -0.1) is 0 Å². The number of hydrazone groups is 1. The van der Waals surface area contributed by atoms with E-state index < -0.39 is 0 Å². The zero-order valence-corrected chi connectivity index (χ0v) is 16.6. The Morgan fingerprint density at radius 2 is 1.78 bits per heavy atom. The Labute approximate surface area is 167 Å². The maximum Gasteiger partial charge on any atom is 0.165 e. The topological polar surface area (TPSA) is 61.6 Å². The number of benzene rings is 2. The number of rotatable bonds is 4.